The SMILES string of the molecule is O=C(O)[C@]1(F)CCCN1F. The summed E-state index contributed by atoms with van der Waals surface area (Å²) >= 11 is 0. The van der Waals surface area contributed by atoms with Crippen molar-refractivity contribution in [2.24, 2.45) is 0 Å². The molecule has 10 heavy (non-hydrogen) atoms. The predicted molar refractivity (Wildman–Crippen MR) is 28.5 cm³/mol. The van der Waals surface area contributed by atoms with E-state index in [1.807, 2.05) is 0 Å². The Kier molecular flexibility index (Phi) is 1.60. The Labute approximate surface area is 56.2 Å². The minimum Gasteiger partial charge on any atom is -0.478 e. The van der Waals surface area contributed by atoms with Crippen molar-refractivity contribution in [2.45, 2.75) is 18.6 Å². The number of aliphatic carboxylic acids is 1. The second-order valence-corrected chi connectivity index (χ2v) is 2.25. The average Bonchev–Trinajstić information content (AvgIpc) is 2.15. The van der Waals surface area contributed by atoms with Crippen molar-refractivity contribution in [2.75, 3.05) is 6.54 Å². The smallest absolute Gasteiger partial charge is 0.359 e. The van der Waals surface area contributed by atoms with E-state index in [4.69, 9.17) is 5.11 Å². The molecule has 1 saturated heterocycles. The van der Waals surface area contributed by atoms with Gasteiger partial charge in [0.2, 0.25) is 0 Å². The zero-order valence-corrected chi connectivity index (χ0v) is 5.18. The largest absolute Gasteiger partial charge is 0.478 e. The van der Waals surface area contributed by atoms with Gasteiger partial charge in [0.25, 0.3) is 5.79 Å². The Hall–Kier alpha value is -0.710. The normalized spacial score (nSPS) is 34.6. The summed E-state index contributed by atoms with van der Waals surface area (Å²) in [7, 11) is 0. The number of carbonyl (C=O) groups is 1. The van der Waals surface area contributed by atoms with Crippen LogP contribution in [0.5, 0.6) is 0 Å². The second-order valence-electron chi connectivity index (χ2n) is 2.25. The first kappa shape index (κ1) is 7.40. The summed E-state index contributed by atoms with van der Waals surface area (Å²) in [6, 6.07) is 0. The lowest BCUT2D eigenvalue weighted by molar-refractivity contribution is -0.184. The topological polar surface area (TPSA) is 40.5 Å². The zero-order valence-electron chi connectivity index (χ0n) is 5.18. The van der Waals surface area contributed by atoms with Crippen molar-refractivity contribution in [3.8, 4) is 0 Å². The van der Waals surface area contributed by atoms with Crippen molar-refractivity contribution in [3.05, 3.63) is 0 Å². The first-order valence-corrected chi connectivity index (χ1v) is 2.93. The van der Waals surface area contributed by atoms with E-state index in [-0.39, 0.29) is 24.5 Å². The van der Waals surface area contributed by atoms with Crippen LogP contribution in [0.4, 0.5) is 8.87 Å². The molecule has 1 atom stereocenters. The number of rotatable bonds is 1. The van der Waals surface area contributed by atoms with Crippen molar-refractivity contribution >= 4 is 5.97 Å². The summed E-state index contributed by atoms with van der Waals surface area (Å²) in [6.45, 7) is -0.136. The molecule has 5 heteroatoms. The van der Waals surface area contributed by atoms with E-state index in [1.165, 1.54) is 0 Å². The molecule has 0 unspecified atom stereocenters. The van der Waals surface area contributed by atoms with Gasteiger partial charge in [-0.1, -0.05) is 5.12 Å². The molecular formula is C5H7F2NO2. The Morgan fingerprint density at radius 3 is 2.50 bits per heavy atom. The average molecular weight is 151 g/mol. The molecule has 0 aromatic heterocycles. The highest BCUT2D eigenvalue weighted by Crippen LogP contribution is 2.30. The van der Waals surface area contributed by atoms with Crippen LogP contribution >= 0.6 is 0 Å². The third-order valence-electron chi connectivity index (χ3n) is 1.57. The molecule has 0 bridgehead atoms. The molecule has 0 radical (unpaired) electrons. The molecule has 1 aliphatic rings. The van der Waals surface area contributed by atoms with Crippen molar-refractivity contribution in [3.63, 3.8) is 0 Å². The molecular weight excluding hydrogens is 144 g/mol. The van der Waals surface area contributed by atoms with E-state index in [9.17, 15) is 13.7 Å². The van der Waals surface area contributed by atoms with Gasteiger partial charge in [-0.15, -0.1) is 4.48 Å². The maximum Gasteiger partial charge on any atom is 0.359 e. The summed E-state index contributed by atoms with van der Waals surface area (Å²) in [5.74, 6) is -4.51. The quantitative estimate of drug-likeness (QED) is 0.443. The molecule has 1 heterocycles. The van der Waals surface area contributed by atoms with Gasteiger partial charge in [0.05, 0.1) is 0 Å². The molecule has 58 valence electrons. The van der Waals surface area contributed by atoms with Crippen LogP contribution < -0.4 is 0 Å². The maximum absolute atomic E-state index is 12.8. The molecule has 0 aromatic carbocycles. The Bertz CT molecular complexity index is 164. The van der Waals surface area contributed by atoms with Gasteiger partial charge in [-0.2, -0.15) is 0 Å². The summed E-state index contributed by atoms with van der Waals surface area (Å²) in [4.78, 5) is 10.1. The number of nitrogens with zero attached hydrogens (tertiary/aromatic N) is 1. The van der Waals surface area contributed by atoms with Crippen molar-refractivity contribution in [1.82, 2.24) is 5.12 Å². The number of alkyl halides is 1. The van der Waals surface area contributed by atoms with E-state index >= 15 is 0 Å². The lowest BCUT2D eigenvalue weighted by Gasteiger charge is -2.17. The molecule has 0 saturated carbocycles. The number of carboxylic acids is 1. The molecule has 0 aromatic rings. The van der Waals surface area contributed by atoms with E-state index in [2.05, 4.69) is 0 Å². The maximum atomic E-state index is 12.8. The first-order valence-electron chi connectivity index (χ1n) is 2.93. The summed E-state index contributed by atoms with van der Waals surface area (Å²) in [6.07, 6.45) is -0.0157. The lowest BCUT2D eigenvalue weighted by atomic mass is 10.2. The zero-order chi connectivity index (χ0) is 7.78. The van der Waals surface area contributed by atoms with Gasteiger partial charge < -0.3 is 5.11 Å². The molecule has 3 nitrogen and oxygen atoms in total. The summed E-state index contributed by atoms with van der Waals surface area (Å²) in [5, 5.41) is 7.92. The highest BCUT2D eigenvalue weighted by atomic mass is 19.2. The highest BCUT2D eigenvalue weighted by Gasteiger charge is 2.49. The van der Waals surface area contributed by atoms with Crippen LogP contribution in [0.2, 0.25) is 0 Å². The van der Waals surface area contributed by atoms with E-state index in [1.54, 1.807) is 0 Å². The van der Waals surface area contributed by atoms with Crippen LogP contribution in [0, 0.1) is 0 Å². The molecule has 1 fully saturated rings. The van der Waals surface area contributed by atoms with Gasteiger partial charge in [-0.05, 0) is 6.42 Å². The molecule has 0 amide bonds. The van der Waals surface area contributed by atoms with Gasteiger partial charge in [-0.25, -0.2) is 9.18 Å². The van der Waals surface area contributed by atoms with E-state index in [0.29, 0.717) is 0 Å². The van der Waals surface area contributed by atoms with Gasteiger partial charge >= 0.3 is 5.97 Å². The minimum absolute atomic E-state index is 0.136. The fraction of sp³-hybridized carbons (Fsp3) is 0.800. The third-order valence-corrected chi connectivity index (χ3v) is 1.57. The summed E-state index contributed by atoms with van der Waals surface area (Å²) < 4.78 is 25.1. The van der Waals surface area contributed by atoms with Crippen LogP contribution in [0.25, 0.3) is 0 Å². The van der Waals surface area contributed by atoms with Crippen LogP contribution in [-0.4, -0.2) is 28.5 Å². The fourth-order valence-electron chi connectivity index (χ4n) is 0.961. The van der Waals surface area contributed by atoms with Gasteiger partial charge in [0.15, 0.2) is 0 Å². The van der Waals surface area contributed by atoms with Crippen LogP contribution in [0.1, 0.15) is 12.8 Å². The monoisotopic (exact) mass is 151 g/mol. The Morgan fingerprint density at radius 2 is 2.30 bits per heavy atom. The minimum atomic E-state index is -2.76. The Balaban J connectivity index is 2.75. The molecule has 1 N–H and O–H groups in total. The predicted octanol–water partition coefficient (Wildman–Crippen LogP) is 0.717. The number of hydrogen-bond acceptors (Lipinski definition) is 2. The number of halogens is 2. The summed E-state index contributed by atoms with van der Waals surface area (Å²) in [5.41, 5.74) is 0. The second kappa shape index (κ2) is 2.16. The van der Waals surface area contributed by atoms with Crippen molar-refractivity contribution in [1.29, 1.82) is 0 Å². The van der Waals surface area contributed by atoms with Gasteiger partial charge in [-0.3, -0.25) is 0 Å². The Morgan fingerprint density at radius 1 is 1.70 bits per heavy atom. The lowest BCUT2D eigenvalue weighted by Crippen LogP contribution is -2.41. The molecule has 0 spiro atoms. The number of carboxylic acid groups (broad SMARTS) is 1. The number of hydrogen-bond donors (Lipinski definition) is 1. The fourth-order valence-corrected chi connectivity index (χ4v) is 0.961. The molecule has 1 rings (SSSR count). The van der Waals surface area contributed by atoms with Gasteiger partial charge in [0.1, 0.15) is 0 Å². The van der Waals surface area contributed by atoms with Crippen LogP contribution in [0.3, 0.4) is 0 Å². The van der Waals surface area contributed by atoms with E-state index < -0.39 is 11.8 Å². The van der Waals surface area contributed by atoms with Gasteiger partial charge in [0, 0.05) is 13.0 Å². The third kappa shape index (κ3) is 0.862. The van der Waals surface area contributed by atoms with Crippen molar-refractivity contribution < 1.29 is 18.8 Å². The first-order chi connectivity index (χ1) is 4.57. The highest BCUT2D eigenvalue weighted by molar-refractivity contribution is 5.76. The molecule has 1 aliphatic heterocycles. The van der Waals surface area contributed by atoms with E-state index in [0.717, 1.165) is 0 Å². The molecule has 0 aliphatic carbocycles. The standard InChI is InChI=1S/C5H7F2NO2/c6-5(4(9)10)2-1-3-8(5)7/h1-3H2,(H,9,10)/t5-/m0/s1. The van der Waals surface area contributed by atoms with Crippen LogP contribution in [0.15, 0.2) is 0 Å². The van der Waals surface area contributed by atoms with Crippen LogP contribution in [-0.2, 0) is 4.79 Å².